The van der Waals surface area contributed by atoms with Gasteiger partial charge >= 0.3 is 0 Å². The standard InChI is InChI=1S/C8H6N4.C2H4/c9-5-6-12-8-4-2-1-3-7(8)10-11-12;1-2/h1-4H,6H2;1-2H2. The van der Waals surface area contributed by atoms with Crippen LogP contribution in [0.25, 0.3) is 11.0 Å². The zero-order valence-electron chi connectivity index (χ0n) is 7.72. The molecule has 0 spiro atoms. The molecule has 1 heterocycles. The van der Waals surface area contributed by atoms with Gasteiger partial charge in [-0.2, -0.15) is 5.26 Å². The summed E-state index contributed by atoms with van der Waals surface area (Å²) in [6.07, 6.45) is 0. The van der Waals surface area contributed by atoms with Gasteiger partial charge in [0, 0.05) is 0 Å². The fourth-order valence-electron chi connectivity index (χ4n) is 1.10. The third-order valence-electron chi connectivity index (χ3n) is 1.64. The Hall–Kier alpha value is -2.15. The summed E-state index contributed by atoms with van der Waals surface area (Å²) in [5.41, 5.74) is 1.73. The number of para-hydroxylation sites is 1. The molecule has 1 aromatic carbocycles. The molecule has 0 bridgehead atoms. The molecule has 0 atom stereocenters. The van der Waals surface area contributed by atoms with Gasteiger partial charge in [0.2, 0.25) is 0 Å². The molecule has 0 aliphatic heterocycles. The number of hydrogen-bond donors (Lipinski definition) is 0. The molecule has 4 nitrogen and oxygen atoms in total. The maximum atomic E-state index is 8.46. The van der Waals surface area contributed by atoms with Crippen molar-refractivity contribution >= 4 is 11.0 Å². The van der Waals surface area contributed by atoms with Crippen LogP contribution in [0.1, 0.15) is 0 Å². The van der Waals surface area contributed by atoms with Gasteiger partial charge in [-0.1, -0.05) is 17.3 Å². The van der Waals surface area contributed by atoms with Crippen molar-refractivity contribution in [3.63, 3.8) is 0 Å². The highest BCUT2D eigenvalue weighted by atomic mass is 15.4. The number of aromatic nitrogens is 3. The fraction of sp³-hybridized carbons (Fsp3) is 0.100. The van der Waals surface area contributed by atoms with Crippen LogP contribution in [0.3, 0.4) is 0 Å². The monoisotopic (exact) mass is 186 g/mol. The minimum absolute atomic E-state index is 0.251. The van der Waals surface area contributed by atoms with Gasteiger partial charge in [-0.3, -0.25) is 0 Å². The molecule has 0 saturated heterocycles. The molecule has 0 radical (unpaired) electrons. The van der Waals surface area contributed by atoms with E-state index in [9.17, 15) is 0 Å². The first-order valence-electron chi connectivity index (χ1n) is 4.07. The molecule has 0 saturated carbocycles. The quantitative estimate of drug-likeness (QED) is 0.637. The third kappa shape index (κ3) is 1.77. The van der Waals surface area contributed by atoms with E-state index in [2.05, 4.69) is 23.5 Å². The average molecular weight is 186 g/mol. The number of fused-ring (bicyclic) bond motifs is 1. The number of hydrogen-bond acceptors (Lipinski definition) is 3. The SMILES string of the molecule is C=C.N#CCn1nnc2ccccc21. The van der Waals surface area contributed by atoms with Crippen molar-refractivity contribution < 1.29 is 0 Å². The van der Waals surface area contributed by atoms with Crippen molar-refractivity contribution in [3.8, 4) is 6.07 Å². The van der Waals surface area contributed by atoms with Crippen LogP contribution in [-0.4, -0.2) is 15.0 Å². The number of benzene rings is 1. The van der Waals surface area contributed by atoms with E-state index in [0.29, 0.717) is 0 Å². The highest BCUT2D eigenvalue weighted by Gasteiger charge is 2.00. The lowest BCUT2D eigenvalue weighted by Gasteiger charge is -1.91. The summed E-state index contributed by atoms with van der Waals surface area (Å²) in [6, 6.07) is 9.59. The Morgan fingerprint density at radius 2 is 2.07 bits per heavy atom. The van der Waals surface area contributed by atoms with E-state index in [-0.39, 0.29) is 6.54 Å². The second kappa shape index (κ2) is 4.77. The summed E-state index contributed by atoms with van der Waals surface area (Å²) in [7, 11) is 0. The maximum absolute atomic E-state index is 8.46. The van der Waals surface area contributed by atoms with Crippen LogP contribution in [0.15, 0.2) is 37.4 Å². The molecule has 0 aliphatic rings. The van der Waals surface area contributed by atoms with Crippen LogP contribution in [0.5, 0.6) is 0 Å². The fourth-order valence-corrected chi connectivity index (χ4v) is 1.10. The van der Waals surface area contributed by atoms with Gasteiger partial charge in [-0.15, -0.1) is 18.3 Å². The zero-order valence-corrected chi connectivity index (χ0v) is 7.72. The van der Waals surface area contributed by atoms with Crippen molar-refractivity contribution in [1.82, 2.24) is 15.0 Å². The van der Waals surface area contributed by atoms with Crippen LogP contribution in [0, 0.1) is 11.3 Å². The molecule has 2 rings (SSSR count). The van der Waals surface area contributed by atoms with E-state index in [1.54, 1.807) is 4.68 Å². The molecule has 0 fully saturated rings. The lowest BCUT2D eigenvalue weighted by molar-refractivity contribution is 0.689. The summed E-state index contributed by atoms with van der Waals surface area (Å²) in [4.78, 5) is 0. The van der Waals surface area contributed by atoms with Gasteiger partial charge in [-0.05, 0) is 12.1 Å². The first-order valence-corrected chi connectivity index (χ1v) is 4.07. The molecular weight excluding hydrogens is 176 g/mol. The molecular formula is C10H10N4. The summed E-state index contributed by atoms with van der Waals surface area (Å²) < 4.78 is 1.58. The van der Waals surface area contributed by atoms with E-state index in [1.165, 1.54) is 0 Å². The lowest BCUT2D eigenvalue weighted by atomic mass is 10.3. The minimum atomic E-state index is 0.251. The smallest absolute Gasteiger partial charge is 0.130 e. The average Bonchev–Trinajstić information content (AvgIpc) is 2.66. The van der Waals surface area contributed by atoms with Crippen LogP contribution in [-0.2, 0) is 6.54 Å². The Morgan fingerprint density at radius 1 is 1.36 bits per heavy atom. The molecule has 14 heavy (non-hydrogen) atoms. The highest BCUT2D eigenvalue weighted by Crippen LogP contribution is 2.08. The van der Waals surface area contributed by atoms with Crippen molar-refractivity contribution in [3.05, 3.63) is 37.4 Å². The highest BCUT2D eigenvalue weighted by molar-refractivity contribution is 5.73. The van der Waals surface area contributed by atoms with Crippen molar-refractivity contribution in [2.24, 2.45) is 0 Å². The van der Waals surface area contributed by atoms with E-state index in [0.717, 1.165) is 11.0 Å². The van der Waals surface area contributed by atoms with Gasteiger partial charge in [0.05, 0.1) is 11.6 Å². The molecule has 0 N–H and O–H groups in total. The van der Waals surface area contributed by atoms with Gasteiger partial charge in [0.15, 0.2) is 0 Å². The zero-order chi connectivity index (χ0) is 10.4. The Kier molecular flexibility index (Phi) is 3.39. The summed E-state index contributed by atoms with van der Waals surface area (Å²) in [5.74, 6) is 0. The van der Waals surface area contributed by atoms with Crippen molar-refractivity contribution in [2.45, 2.75) is 6.54 Å². The van der Waals surface area contributed by atoms with E-state index in [4.69, 9.17) is 5.26 Å². The van der Waals surface area contributed by atoms with Crippen LogP contribution < -0.4 is 0 Å². The molecule has 0 amide bonds. The topological polar surface area (TPSA) is 54.5 Å². The summed E-state index contributed by atoms with van der Waals surface area (Å²) in [5, 5.41) is 16.2. The van der Waals surface area contributed by atoms with E-state index >= 15 is 0 Å². The van der Waals surface area contributed by atoms with Crippen LogP contribution in [0.4, 0.5) is 0 Å². The Labute approximate surface area is 82.1 Å². The largest absolute Gasteiger partial charge is 0.230 e. The predicted octanol–water partition coefficient (Wildman–Crippen LogP) is 1.76. The Balaban J connectivity index is 0.000000461. The molecule has 4 heteroatoms. The van der Waals surface area contributed by atoms with Gasteiger partial charge < -0.3 is 0 Å². The van der Waals surface area contributed by atoms with E-state index < -0.39 is 0 Å². The van der Waals surface area contributed by atoms with Crippen LogP contribution >= 0.6 is 0 Å². The van der Waals surface area contributed by atoms with E-state index in [1.807, 2.05) is 30.3 Å². The molecule has 1 aromatic heterocycles. The van der Waals surface area contributed by atoms with Gasteiger partial charge in [0.1, 0.15) is 12.1 Å². The summed E-state index contributed by atoms with van der Waals surface area (Å²) in [6.45, 7) is 6.25. The second-order valence-corrected chi connectivity index (χ2v) is 2.39. The molecule has 70 valence electrons. The van der Waals surface area contributed by atoms with Crippen molar-refractivity contribution in [1.29, 1.82) is 5.26 Å². The summed E-state index contributed by atoms with van der Waals surface area (Å²) >= 11 is 0. The van der Waals surface area contributed by atoms with Crippen molar-refractivity contribution in [2.75, 3.05) is 0 Å². The number of rotatable bonds is 1. The third-order valence-corrected chi connectivity index (χ3v) is 1.64. The molecule has 0 aliphatic carbocycles. The predicted molar refractivity (Wildman–Crippen MR) is 54.4 cm³/mol. The first kappa shape index (κ1) is 9.93. The van der Waals surface area contributed by atoms with Gasteiger partial charge in [-0.25, -0.2) is 4.68 Å². The molecule has 2 aromatic rings. The second-order valence-electron chi connectivity index (χ2n) is 2.39. The van der Waals surface area contributed by atoms with Gasteiger partial charge in [0.25, 0.3) is 0 Å². The Morgan fingerprint density at radius 3 is 2.79 bits per heavy atom. The lowest BCUT2D eigenvalue weighted by Crippen LogP contribution is -1.96. The maximum Gasteiger partial charge on any atom is 0.130 e. The Bertz CT molecular complexity index is 452. The molecule has 0 unspecified atom stereocenters. The normalized spacial score (nSPS) is 8.79. The van der Waals surface area contributed by atoms with Crippen LogP contribution in [0.2, 0.25) is 0 Å². The first-order chi connectivity index (χ1) is 6.92. The number of nitrogens with zero attached hydrogens (tertiary/aromatic N) is 4. The number of nitriles is 1. The minimum Gasteiger partial charge on any atom is -0.230 e.